The first-order valence-electron chi connectivity index (χ1n) is 8.56. The van der Waals surface area contributed by atoms with E-state index in [1.165, 1.54) is 71.0 Å². The zero-order valence-electron chi connectivity index (χ0n) is 13.5. The third kappa shape index (κ3) is 6.27. The Hall–Kier alpha value is -0.0800. The molecule has 0 aliphatic carbocycles. The van der Waals surface area contributed by atoms with E-state index < -0.39 is 0 Å². The lowest BCUT2D eigenvalue weighted by Gasteiger charge is -2.44. The van der Waals surface area contributed by atoms with Crippen molar-refractivity contribution < 1.29 is 4.74 Å². The van der Waals surface area contributed by atoms with Crippen molar-refractivity contribution in [3.63, 3.8) is 0 Å². The van der Waals surface area contributed by atoms with Crippen LogP contribution in [0.15, 0.2) is 0 Å². The van der Waals surface area contributed by atoms with Crippen molar-refractivity contribution in [2.24, 2.45) is 5.41 Å². The van der Waals surface area contributed by atoms with Crippen LogP contribution in [0.1, 0.15) is 72.1 Å². The van der Waals surface area contributed by atoms with Gasteiger partial charge in [0.15, 0.2) is 0 Å². The van der Waals surface area contributed by atoms with Crippen LogP contribution in [0.5, 0.6) is 0 Å². The fraction of sp³-hybridized carbons (Fsp3) is 1.00. The molecule has 1 rings (SSSR count). The molecule has 0 aromatic rings. The summed E-state index contributed by atoms with van der Waals surface area (Å²) in [4.78, 5) is 2.69. The number of hydrogen-bond donors (Lipinski definition) is 0. The fourth-order valence-corrected chi connectivity index (χ4v) is 2.97. The van der Waals surface area contributed by atoms with Gasteiger partial charge in [-0.05, 0) is 32.4 Å². The van der Waals surface area contributed by atoms with Crippen molar-refractivity contribution in [1.29, 1.82) is 0 Å². The zero-order valence-corrected chi connectivity index (χ0v) is 13.5. The van der Waals surface area contributed by atoms with E-state index in [4.69, 9.17) is 4.74 Å². The Morgan fingerprint density at radius 2 is 1.53 bits per heavy atom. The van der Waals surface area contributed by atoms with Gasteiger partial charge < -0.3 is 9.64 Å². The number of nitrogens with zero attached hydrogens (tertiary/aromatic N) is 1. The third-order valence-corrected chi connectivity index (χ3v) is 4.49. The zero-order chi connectivity index (χ0) is 14.0. The lowest BCUT2D eigenvalue weighted by Crippen LogP contribution is -2.50. The molecule has 0 amide bonds. The maximum Gasteiger partial charge on any atom is 0.0557 e. The Labute approximate surface area is 120 Å². The van der Waals surface area contributed by atoms with Gasteiger partial charge in [0, 0.05) is 12.0 Å². The molecule has 1 aliphatic rings. The second-order valence-electron chi connectivity index (χ2n) is 6.39. The van der Waals surface area contributed by atoms with Gasteiger partial charge in [0.1, 0.15) is 0 Å². The van der Waals surface area contributed by atoms with Crippen molar-refractivity contribution in [3.05, 3.63) is 0 Å². The summed E-state index contributed by atoms with van der Waals surface area (Å²) in [5.74, 6) is 0. The van der Waals surface area contributed by atoms with Crippen molar-refractivity contribution in [1.82, 2.24) is 4.90 Å². The largest absolute Gasteiger partial charge is 0.380 e. The first-order chi connectivity index (χ1) is 9.26. The summed E-state index contributed by atoms with van der Waals surface area (Å²) >= 11 is 0. The Bertz CT molecular complexity index is 208. The molecule has 0 N–H and O–H groups in total. The highest BCUT2D eigenvalue weighted by atomic mass is 16.5. The molecule has 0 atom stereocenters. The molecular weight excluding hydrogens is 234 g/mol. The molecule has 1 fully saturated rings. The van der Waals surface area contributed by atoms with Gasteiger partial charge in [-0.2, -0.15) is 0 Å². The number of rotatable bonds is 12. The van der Waals surface area contributed by atoms with Crippen LogP contribution >= 0.6 is 0 Å². The van der Waals surface area contributed by atoms with E-state index in [1.807, 2.05) is 0 Å². The standard InChI is InChI=1S/C17H35NO/c1-4-7-8-9-10-11-13-18(12-5-2)14-17(6-3)15-19-16-17/h4-16H2,1-3H3. The first-order valence-corrected chi connectivity index (χ1v) is 8.56. The monoisotopic (exact) mass is 269 g/mol. The van der Waals surface area contributed by atoms with Crippen molar-refractivity contribution in [2.45, 2.75) is 72.1 Å². The van der Waals surface area contributed by atoms with Crippen molar-refractivity contribution in [2.75, 3.05) is 32.8 Å². The van der Waals surface area contributed by atoms with E-state index in [0.717, 1.165) is 13.2 Å². The average molecular weight is 269 g/mol. The summed E-state index contributed by atoms with van der Waals surface area (Å²) in [5.41, 5.74) is 0.484. The van der Waals surface area contributed by atoms with E-state index in [0.29, 0.717) is 5.41 Å². The Kier molecular flexibility index (Phi) is 8.72. The molecule has 0 bridgehead atoms. The van der Waals surface area contributed by atoms with Gasteiger partial charge in [-0.3, -0.25) is 0 Å². The smallest absolute Gasteiger partial charge is 0.0557 e. The van der Waals surface area contributed by atoms with Crippen molar-refractivity contribution >= 4 is 0 Å². The number of unbranched alkanes of at least 4 members (excludes halogenated alkanes) is 5. The molecular formula is C17H35NO. The van der Waals surface area contributed by atoms with Gasteiger partial charge in [-0.1, -0.05) is 52.9 Å². The highest BCUT2D eigenvalue weighted by Crippen LogP contribution is 2.32. The lowest BCUT2D eigenvalue weighted by atomic mass is 9.82. The Morgan fingerprint density at radius 1 is 0.842 bits per heavy atom. The molecule has 1 heterocycles. The maximum absolute atomic E-state index is 5.45. The SMILES string of the molecule is CCCCCCCCN(CCC)CC1(CC)COC1. The highest BCUT2D eigenvalue weighted by Gasteiger charge is 2.37. The summed E-state index contributed by atoms with van der Waals surface area (Å²) in [6, 6.07) is 0. The Balaban J connectivity index is 2.17. The van der Waals surface area contributed by atoms with Crippen LogP contribution in [0.4, 0.5) is 0 Å². The molecule has 0 spiro atoms. The molecule has 0 saturated carbocycles. The van der Waals surface area contributed by atoms with Crippen LogP contribution in [0, 0.1) is 5.41 Å². The van der Waals surface area contributed by atoms with Crippen LogP contribution in [-0.2, 0) is 4.74 Å². The average Bonchev–Trinajstić information content (AvgIpc) is 2.37. The summed E-state index contributed by atoms with van der Waals surface area (Å²) in [7, 11) is 0. The molecule has 2 nitrogen and oxygen atoms in total. The minimum Gasteiger partial charge on any atom is -0.380 e. The topological polar surface area (TPSA) is 12.5 Å². The molecule has 19 heavy (non-hydrogen) atoms. The summed E-state index contributed by atoms with van der Waals surface area (Å²) in [5, 5.41) is 0. The molecule has 2 heteroatoms. The summed E-state index contributed by atoms with van der Waals surface area (Å²) in [6.07, 6.45) is 10.9. The van der Waals surface area contributed by atoms with Gasteiger partial charge in [0.25, 0.3) is 0 Å². The van der Waals surface area contributed by atoms with Crippen molar-refractivity contribution in [3.8, 4) is 0 Å². The Morgan fingerprint density at radius 3 is 2.05 bits per heavy atom. The molecule has 114 valence electrons. The first kappa shape index (κ1) is 17.0. The highest BCUT2D eigenvalue weighted by molar-refractivity contribution is 4.87. The van der Waals surface area contributed by atoms with Crippen LogP contribution in [-0.4, -0.2) is 37.7 Å². The second kappa shape index (κ2) is 9.77. The van der Waals surface area contributed by atoms with E-state index in [2.05, 4.69) is 25.7 Å². The van der Waals surface area contributed by atoms with Crippen LogP contribution in [0.2, 0.25) is 0 Å². The molecule has 0 aromatic carbocycles. The quantitative estimate of drug-likeness (QED) is 0.484. The lowest BCUT2D eigenvalue weighted by molar-refractivity contribution is -0.128. The summed E-state index contributed by atoms with van der Waals surface area (Å²) < 4.78 is 5.45. The van der Waals surface area contributed by atoms with Gasteiger partial charge >= 0.3 is 0 Å². The fourth-order valence-electron chi connectivity index (χ4n) is 2.97. The summed E-state index contributed by atoms with van der Waals surface area (Å²) in [6.45, 7) is 12.7. The third-order valence-electron chi connectivity index (χ3n) is 4.49. The van der Waals surface area contributed by atoms with Crippen LogP contribution in [0.3, 0.4) is 0 Å². The minimum absolute atomic E-state index is 0.484. The minimum atomic E-state index is 0.484. The van der Waals surface area contributed by atoms with E-state index in [9.17, 15) is 0 Å². The van der Waals surface area contributed by atoms with Gasteiger partial charge in [-0.25, -0.2) is 0 Å². The predicted octanol–water partition coefficient (Wildman–Crippen LogP) is 4.49. The van der Waals surface area contributed by atoms with Gasteiger partial charge in [0.2, 0.25) is 0 Å². The van der Waals surface area contributed by atoms with Gasteiger partial charge in [-0.15, -0.1) is 0 Å². The van der Waals surface area contributed by atoms with Crippen LogP contribution in [0.25, 0.3) is 0 Å². The molecule has 0 radical (unpaired) electrons. The van der Waals surface area contributed by atoms with Crippen LogP contribution < -0.4 is 0 Å². The molecule has 1 aliphatic heterocycles. The predicted molar refractivity (Wildman–Crippen MR) is 83.7 cm³/mol. The van der Waals surface area contributed by atoms with E-state index in [1.54, 1.807) is 0 Å². The van der Waals surface area contributed by atoms with Gasteiger partial charge in [0.05, 0.1) is 13.2 Å². The number of ether oxygens (including phenoxy) is 1. The van der Waals surface area contributed by atoms with E-state index >= 15 is 0 Å². The van der Waals surface area contributed by atoms with E-state index in [-0.39, 0.29) is 0 Å². The molecule has 0 aromatic heterocycles. The maximum atomic E-state index is 5.45. The normalized spacial score (nSPS) is 17.7. The molecule has 0 unspecified atom stereocenters. The number of hydrogen-bond acceptors (Lipinski definition) is 2. The second-order valence-corrected chi connectivity index (χ2v) is 6.39. The molecule has 1 saturated heterocycles.